The molecule has 92 valence electrons. The summed E-state index contributed by atoms with van der Waals surface area (Å²) in [5.74, 6) is 0. The van der Waals surface area contributed by atoms with Gasteiger partial charge in [0.2, 0.25) is 0 Å². The van der Waals surface area contributed by atoms with Crippen LogP contribution in [-0.2, 0) is 0 Å². The molecule has 0 aromatic heterocycles. The van der Waals surface area contributed by atoms with Crippen molar-refractivity contribution in [3.63, 3.8) is 0 Å². The zero-order valence-electron chi connectivity index (χ0n) is 9.88. The Morgan fingerprint density at radius 1 is 1.47 bits per heavy atom. The Kier molecular flexibility index (Phi) is 4.11. The third-order valence-electron chi connectivity index (χ3n) is 1.80. The molecule has 0 spiro atoms. The van der Waals surface area contributed by atoms with Gasteiger partial charge in [0.25, 0.3) is 5.69 Å². The molecule has 0 aliphatic carbocycles. The average Bonchev–Trinajstić information content (AvgIpc) is 2.18. The standard InChI is InChI=1S/C11H14N2O3S/c1-11(2,3)17-10-5-4-8(7-12-14)6-9(10)13(15)16/h4-7,14H,1-3H3/b12-7+. The molecule has 17 heavy (non-hydrogen) atoms. The lowest BCUT2D eigenvalue weighted by molar-refractivity contribution is -0.387. The first-order valence-corrected chi connectivity index (χ1v) is 5.80. The fourth-order valence-electron chi connectivity index (χ4n) is 1.24. The minimum atomic E-state index is -0.428. The van der Waals surface area contributed by atoms with E-state index in [-0.39, 0.29) is 10.4 Å². The molecule has 6 heteroatoms. The van der Waals surface area contributed by atoms with Gasteiger partial charge in [0.15, 0.2) is 0 Å². The van der Waals surface area contributed by atoms with Crippen LogP contribution in [0.1, 0.15) is 26.3 Å². The Hall–Kier alpha value is -1.56. The second-order valence-corrected chi connectivity index (χ2v) is 6.31. The number of benzene rings is 1. The quantitative estimate of drug-likeness (QED) is 0.295. The third kappa shape index (κ3) is 4.07. The lowest BCUT2D eigenvalue weighted by Crippen LogP contribution is -2.07. The number of thioether (sulfide) groups is 1. The van der Waals surface area contributed by atoms with Gasteiger partial charge in [-0.2, -0.15) is 0 Å². The minimum Gasteiger partial charge on any atom is -0.411 e. The van der Waals surface area contributed by atoms with E-state index in [1.807, 2.05) is 20.8 Å². The van der Waals surface area contributed by atoms with Crippen molar-refractivity contribution in [2.75, 3.05) is 0 Å². The fourth-order valence-corrected chi connectivity index (χ4v) is 2.27. The zero-order valence-corrected chi connectivity index (χ0v) is 10.7. The van der Waals surface area contributed by atoms with Crippen LogP contribution in [0.3, 0.4) is 0 Å². The Bertz CT molecular complexity index is 453. The van der Waals surface area contributed by atoms with Crippen LogP contribution in [-0.4, -0.2) is 21.1 Å². The van der Waals surface area contributed by atoms with Crippen molar-refractivity contribution in [3.05, 3.63) is 33.9 Å². The maximum atomic E-state index is 10.9. The predicted octanol–water partition coefficient (Wildman–Crippen LogP) is 3.29. The second kappa shape index (κ2) is 5.18. The van der Waals surface area contributed by atoms with Crippen LogP contribution in [0.25, 0.3) is 0 Å². The number of hydrogen-bond donors (Lipinski definition) is 1. The van der Waals surface area contributed by atoms with Gasteiger partial charge in [-0.05, 0) is 6.07 Å². The largest absolute Gasteiger partial charge is 0.411 e. The number of rotatable bonds is 3. The zero-order chi connectivity index (χ0) is 13.1. The summed E-state index contributed by atoms with van der Waals surface area (Å²) < 4.78 is -0.0999. The van der Waals surface area contributed by atoms with Gasteiger partial charge in [-0.25, -0.2) is 0 Å². The fraction of sp³-hybridized carbons (Fsp3) is 0.364. The van der Waals surface area contributed by atoms with E-state index >= 15 is 0 Å². The molecule has 0 aliphatic rings. The van der Waals surface area contributed by atoms with Crippen molar-refractivity contribution in [1.82, 2.24) is 0 Å². The molecule has 0 radical (unpaired) electrons. The Morgan fingerprint density at radius 2 is 2.12 bits per heavy atom. The molecule has 1 aromatic rings. The highest BCUT2D eigenvalue weighted by Gasteiger charge is 2.20. The lowest BCUT2D eigenvalue weighted by atomic mass is 10.2. The van der Waals surface area contributed by atoms with E-state index in [2.05, 4.69) is 5.16 Å². The molecule has 1 N–H and O–H groups in total. The molecule has 0 fully saturated rings. The molecule has 1 aromatic carbocycles. The van der Waals surface area contributed by atoms with Gasteiger partial charge in [0.05, 0.1) is 16.0 Å². The van der Waals surface area contributed by atoms with Crippen LogP contribution < -0.4 is 0 Å². The van der Waals surface area contributed by atoms with Crippen LogP contribution in [0.2, 0.25) is 0 Å². The van der Waals surface area contributed by atoms with Crippen LogP contribution in [0.4, 0.5) is 5.69 Å². The topological polar surface area (TPSA) is 75.7 Å². The van der Waals surface area contributed by atoms with Crippen molar-refractivity contribution in [2.45, 2.75) is 30.4 Å². The van der Waals surface area contributed by atoms with E-state index in [0.29, 0.717) is 10.5 Å². The van der Waals surface area contributed by atoms with Crippen molar-refractivity contribution in [2.24, 2.45) is 5.16 Å². The minimum absolute atomic E-state index is 0.0299. The average molecular weight is 254 g/mol. The highest BCUT2D eigenvalue weighted by Crippen LogP contribution is 2.37. The van der Waals surface area contributed by atoms with Crippen LogP contribution >= 0.6 is 11.8 Å². The summed E-state index contributed by atoms with van der Waals surface area (Å²) in [6.45, 7) is 5.97. The van der Waals surface area contributed by atoms with Gasteiger partial charge >= 0.3 is 0 Å². The maximum Gasteiger partial charge on any atom is 0.283 e. The molecule has 0 unspecified atom stereocenters. The van der Waals surface area contributed by atoms with E-state index in [1.165, 1.54) is 24.0 Å². The summed E-state index contributed by atoms with van der Waals surface area (Å²) in [6, 6.07) is 4.75. The SMILES string of the molecule is CC(C)(C)Sc1ccc(/C=N/O)cc1[N+](=O)[O-]. The normalized spacial score (nSPS) is 11.9. The first-order valence-electron chi connectivity index (χ1n) is 4.98. The number of nitrogens with zero attached hydrogens (tertiary/aromatic N) is 2. The van der Waals surface area contributed by atoms with Crippen molar-refractivity contribution in [3.8, 4) is 0 Å². The van der Waals surface area contributed by atoms with Gasteiger partial charge in [0.1, 0.15) is 0 Å². The van der Waals surface area contributed by atoms with Crippen molar-refractivity contribution in [1.29, 1.82) is 0 Å². The molecular weight excluding hydrogens is 240 g/mol. The molecule has 0 heterocycles. The van der Waals surface area contributed by atoms with Crippen LogP contribution in [0, 0.1) is 10.1 Å². The van der Waals surface area contributed by atoms with E-state index in [4.69, 9.17) is 5.21 Å². The van der Waals surface area contributed by atoms with Gasteiger partial charge in [-0.15, -0.1) is 11.8 Å². The smallest absolute Gasteiger partial charge is 0.283 e. The number of nitro benzene ring substituents is 1. The van der Waals surface area contributed by atoms with Gasteiger partial charge < -0.3 is 5.21 Å². The summed E-state index contributed by atoms with van der Waals surface area (Å²) in [6.07, 6.45) is 1.17. The summed E-state index contributed by atoms with van der Waals surface area (Å²) in [4.78, 5) is 11.1. The van der Waals surface area contributed by atoms with E-state index in [0.717, 1.165) is 0 Å². The molecule has 1 rings (SSSR count). The monoisotopic (exact) mass is 254 g/mol. The molecule has 0 aliphatic heterocycles. The van der Waals surface area contributed by atoms with Gasteiger partial charge in [-0.1, -0.05) is 32.0 Å². The molecule has 0 saturated carbocycles. The highest BCUT2D eigenvalue weighted by atomic mass is 32.2. The second-order valence-electron chi connectivity index (χ2n) is 4.44. The molecular formula is C11H14N2O3S. The highest BCUT2D eigenvalue weighted by molar-refractivity contribution is 8.00. The number of oxime groups is 1. The molecule has 0 amide bonds. The maximum absolute atomic E-state index is 10.9. The van der Waals surface area contributed by atoms with E-state index in [1.54, 1.807) is 12.1 Å². The molecule has 0 atom stereocenters. The van der Waals surface area contributed by atoms with Crippen molar-refractivity contribution < 1.29 is 10.1 Å². The summed E-state index contributed by atoms with van der Waals surface area (Å²) >= 11 is 1.43. The van der Waals surface area contributed by atoms with Crippen LogP contribution in [0.5, 0.6) is 0 Å². The van der Waals surface area contributed by atoms with Gasteiger partial charge in [-0.3, -0.25) is 10.1 Å². The molecule has 0 saturated heterocycles. The number of nitro groups is 1. The summed E-state index contributed by atoms with van der Waals surface area (Å²) in [5.41, 5.74) is 0.528. The van der Waals surface area contributed by atoms with Crippen molar-refractivity contribution >= 4 is 23.7 Å². The summed E-state index contributed by atoms with van der Waals surface area (Å²) in [5, 5.41) is 22.2. The third-order valence-corrected chi connectivity index (χ3v) is 2.98. The molecule has 0 bridgehead atoms. The van der Waals surface area contributed by atoms with Gasteiger partial charge in [0, 0.05) is 16.4 Å². The lowest BCUT2D eigenvalue weighted by Gasteiger charge is -2.17. The predicted molar refractivity (Wildman–Crippen MR) is 68.1 cm³/mol. The Labute approximate surface area is 104 Å². The molecule has 5 nitrogen and oxygen atoms in total. The Balaban J connectivity index is 3.18. The number of hydrogen-bond acceptors (Lipinski definition) is 5. The first kappa shape index (κ1) is 13.5. The first-order chi connectivity index (χ1) is 7.83. The Morgan fingerprint density at radius 3 is 2.59 bits per heavy atom. The van der Waals surface area contributed by atoms with Crippen LogP contribution in [0.15, 0.2) is 28.3 Å². The van der Waals surface area contributed by atoms with E-state index in [9.17, 15) is 10.1 Å². The van der Waals surface area contributed by atoms with E-state index < -0.39 is 4.92 Å². The summed E-state index contributed by atoms with van der Waals surface area (Å²) in [7, 11) is 0.